The maximum absolute atomic E-state index is 12.1. The van der Waals surface area contributed by atoms with Gasteiger partial charge in [-0.3, -0.25) is 14.9 Å². The van der Waals surface area contributed by atoms with Crippen LogP contribution in [0.3, 0.4) is 0 Å². The average Bonchev–Trinajstić information content (AvgIpc) is 3.21. The number of rotatable bonds is 9. The molecule has 1 amide bonds. The zero-order valence-corrected chi connectivity index (χ0v) is 18.6. The van der Waals surface area contributed by atoms with Crippen molar-refractivity contribution in [3.63, 3.8) is 0 Å². The van der Waals surface area contributed by atoms with E-state index in [1.807, 2.05) is 23.6 Å². The van der Waals surface area contributed by atoms with E-state index in [4.69, 9.17) is 11.6 Å². The Labute approximate surface area is 193 Å². The molecule has 1 N–H and O–H groups in total. The second kappa shape index (κ2) is 11.2. The van der Waals surface area contributed by atoms with Gasteiger partial charge in [0.15, 0.2) is 11.0 Å². The topological polar surface area (TPSA) is 115 Å². The summed E-state index contributed by atoms with van der Waals surface area (Å²) < 4.78 is 1.92. The molecule has 0 atom stereocenters. The van der Waals surface area contributed by atoms with Gasteiger partial charge in [-0.25, -0.2) is 5.43 Å². The summed E-state index contributed by atoms with van der Waals surface area (Å²) in [4.78, 5) is 22.6. The van der Waals surface area contributed by atoms with Crippen molar-refractivity contribution >= 4 is 47.2 Å². The molecule has 3 aromatic rings. The van der Waals surface area contributed by atoms with Crippen LogP contribution in [0.15, 0.2) is 64.9 Å². The molecule has 9 nitrogen and oxygen atoms in total. The molecule has 0 aliphatic carbocycles. The first kappa shape index (κ1) is 23.2. The number of nitrogens with zero attached hydrogens (tertiary/aromatic N) is 5. The summed E-state index contributed by atoms with van der Waals surface area (Å²) in [6.45, 7) is 2.62. The van der Waals surface area contributed by atoms with Gasteiger partial charge in [0.05, 0.1) is 16.2 Å². The highest BCUT2D eigenvalue weighted by atomic mass is 35.5. The van der Waals surface area contributed by atoms with E-state index in [1.165, 1.54) is 30.1 Å². The molecule has 0 fully saturated rings. The van der Waals surface area contributed by atoms with E-state index in [1.54, 1.807) is 36.4 Å². The van der Waals surface area contributed by atoms with E-state index in [9.17, 15) is 14.9 Å². The van der Waals surface area contributed by atoms with Crippen LogP contribution in [0.25, 0.3) is 17.5 Å². The van der Waals surface area contributed by atoms with Crippen LogP contribution >= 0.6 is 23.4 Å². The number of hydrazone groups is 1. The SMILES string of the molecule is CCn1c(SCC(=O)N/N=C\C=C\c2ccccc2[N+](=O)[O-])nnc1-c1ccc(Cl)cc1. The first-order valence-electron chi connectivity index (χ1n) is 9.53. The first-order valence-corrected chi connectivity index (χ1v) is 10.9. The van der Waals surface area contributed by atoms with E-state index in [2.05, 4.69) is 20.7 Å². The molecule has 11 heteroatoms. The van der Waals surface area contributed by atoms with Gasteiger partial charge in [-0.2, -0.15) is 5.10 Å². The molecule has 0 unspecified atom stereocenters. The molecule has 2 aromatic carbocycles. The number of nitro benzene ring substituents is 1. The van der Waals surface area contributed by atoms with Crippen LogP contribution in [0.5, 0.6) is 0 Å². The second-order valence-electron chi connectivity index (χ2n) is 6.33. The number of carbonyl (C=O) groups is 1. The lowest BCUT2D eigenvalue weighted by Gasteiger charge is -2.07. The van der Waals surface area contributed by atoms with E-state index >= 15 is 0 Å². The Morgan fingerprint density at radius 3 is 2.72 bits per heavy atom. The molecule has 0 aliphatic rings. The molecule has 0 bridgehead atoms. The van der Waals surface area contributed by atoms with Gasteiger partial charge in [0, 0.05) is 29.4 Å². The minimum absolute atomic E-state index is 0.00408. The van der Waals surface area contributed by atoms with Crippen LogP contribution in [-0.4, -0.2) is 37.6 Å². The summed E-state index contributed by atoms with van der Waals surface area (Å²) in [5.41, 5.74) is 3.74. The number of carbonyl (C=O) groups excluding carboxylic acids is 1. The summed E-state index contributed by atoms with van der Waals surface area (Å²) in [6, 6.07) is 13.7. The predicted octanol–water partition coefficient (Wildman–Crippen LogP) is 4.43. The number of aromatic nitrogens is 3. The third-order valence-corrected chi connectivity index (χ3v) is 5.45. The van der Waals surface area contributed by atoms with Gasteiger partial charge in [0.25, 0.3) is 11.6 Å². The average molecular weight is 471 g/mol. The van der Waals surface area contributed by atoms with E-state index in [-0.39, 0.29) is 17.3 Å². The molecule has 32 heavy (non-hydrogen) atoms. The fourth-order valence-electron chi connectivity index (χ4n) is 2.75. The van der Waals surface area contributed by atoms with Crippen molar-refractivity contribution in [2.75, 3.05) is 5.75 Å². The fourth-order valence-corrected chi connectivity index (χ4v) is 3.67. The number of hydrogen-bond acceptors (Lipinski definition) is 7. The van der Waals surface area contributed by atoms with Crippen molar-refractivity contribution < 1.29 is 9.72 Å². The first-order chi connectivity index (χ1) is 15.5. The Hall–Kier alpha value is -3.50. The van der Waals surface area contributed by atoms with Crippen molar-refractivity contribution in [1.29, 1.82) is 0 Å². The highest BCUT2D eigenvalue weighted by molar-refractivity contribution is 7.99. The van der Waals surface area contributed by atoms with Crippen LogP contribution in [0, 0.1) is 10.1 Å². The largest absolute Gasteiger partial charge is 0.302 e. The summed E-state index contributed by atoms with van der Waals surface area (Å²) in [5, 5.41) is 24.5. The van der Waals surface area contributed by atoms with E-state index < -0.39 is 4.92 Å². The van der Waals surface area contributed by atoms with Crippen molar-refractivity contribution in [2.45, 2.75) is 18.6 Å². The Bertz CT molecular complexity index is 1160. The molecule has 164 valence electrons. The summed E-state index contributed by atoms with van der Waals surface area (Å²) in [6.07, 6.45) is 4.42. The Balaban J connectivity index is 1.54. The lowest BCUT2D eigenvalue weighted by Crippen LogP contribution is -2.19. The maximum Gasteiger partial charge on any atom is 0.276 e. The van der Waals surface area contributed by atoms with Crippen LogP contribution in [-0.2, 0) is 11.3 Å². The molecule has 1 aromatic heterocycles. The summed E-state index contributed by atoms with van der Waals surface area (Å²) in [7, 11) is 0. The molecule has 0 saturated heterocycles. The Morgan fingerprint density at radius 1 is 1.25 bits per heavy atom. The van der Waals surface area contributed by atoms with E-state index in [0.717, 1.165) is 5.56 Å². The van der Waals surface area contributed by atoms with Crippen molar-refractivity contribution in [3.8, 4) is 11.4 Å². The predicted molar refractivity (Wildman–Crippen MR) is 126 cm³/mol. The number of allylic oxidation sites excluding steroid dienone is 1. The minimum Gasteiger partial charge on any atom is -0.302 e. The maximum atomic E-state index is 12.1. The number of halogens is 1. The van der Waals surface area contributed by atoms with Crippen LogP contribution in [0.4, 0.5) is 5.69 Å². The van der Waals surface area contributed by atoms with Crippen LogP contribution in [0.1, 0.15) is 12.5 Å². The standard InChI is InChI=1S/C21H19ClN6O3S/c1-2-27-20(16-9-11-17(22)12-10-16)25-26-21(27)32-14-19(29)24-23-13-5-7-15-6-3-4-8-18(15)28(30)31/h3-13H,2,14H2,1H3,(H,24,29)/b7-5+,23-13-. The zero-order chi connectivity index (χ0) is 22.9. The molecule has 0 aliphatic heterocycles. The molecule has 1 heterocycles. The minimum atomic E-state index is -0.455. The summed E-state index contributed by atoms with van der Waals surface area (Å²) in [5.74, 6) is 0.485. The van der Waals surface area contributed by atoms with Crippen LogP contribution < -0.4 is 5.43 Å². The third kappa shape index (κ3) is 6.02. The van der Waals surface area contributed by atoms with Gasteiger partial charge in [0.1, 0.15) is 0 Å². The zero-order valence-electron chi connectivity index (χ0n) is 17.0. The number of amides is 1. The lowest BCUT2D eigenvalue weighted by atomic mass is 10.2. The molecule has 0 spiro atoms. The van der Waals surface area contributed by atoms with Gasteiger partial charge >= 0.3 is 0 Å². The number of nitro groups is 1. The van der Waals surface area contributed by atoms with E-state index in [0.29, 0.717) is 28.1 Å². The van der Waals surface area contributed by atoms with Crippen molar-refractivity contribution in [1.82, 2.24) is 20.2 Å². The Morgan fingerprint density at radius 2 is 2.00 bits per heavy atom. The smallest absolute Gasteiger partial charge is 0.276 e. The van der Waals surface area contributed by atoms with Gasteiger partial charge in [-0.15, -0.1) is 10.2 Å². The Kier molecular flexibility index (Phi) is 8.12. The molecular formula is C21H19ClN6O3S. The second-order valence-corrected chi connectivity index (χ2v) is 7.71. The monoisotopic (exact) mass is 470 g/mol. The summed E-state index contributed by atoms with van der Waals surface area (Å²) >= 11 is 7.19. The van der Waals surface area contributed by atoms with Gasteiger partial charge in [0.2, 0.25) is 0 Å². The number of thioether (sulfide) groups is 1. The van der Waals surface area contributed by atoms with Crippen LogP contribution in [0.2, 0.25) is 5.02 Å². The molecule has 0 saturated carbocycles. The highest BCUT2D eigenvalue weighted by Gasteiger charge is 2.14. The number of benzene rings is 2. The third-order valence-electron chi connectivity index (χ3n) is 4.23. The van der Waals surface area contributed by atoms with Gasteiger partial charge in [-0.1, -0.05) is 35.5 Å². The number of hydrogen-bond donors (Lipinski definition) is 1. The highest BCUT2D eigenvalue weighted by Crippen LogP contribution is 2.25. The molecule has 0 radical (unpaired) electrons. The van der Waals surface area contributed by atoms with Gasteiger partial charge < -0.3 is 4.57 Å². The lowest BCUT2D eigenvalue weighted by molar-refractivity contribution is -0.385. The van der Waals surface area contributed by atoms with Crippen molar-refractivity contribution in [2.24, 2.45) is 5.10 Å². The molecular weight excluding hydrogens is 452 g/mol. The van der Waals surface area contributed by atoms with Gasteiger partial charge in [-0.05, 0) is 49.4 Å². The normalized spacial score (nSPS) is 11.3. The molecule has 3 rings (SSSR count). The quantitative estimate of drug-likeness (QED) is 0.214. The number of nitrogens with one attached hydrogen (secondary N) is 1. The van der Waals surface area contributed by atoms with Crippen molar-refractivity contribution in [3.05, 3.63) is 75.3 Å². The number of para-hydroxylation sites is 1. The fraction of sp³-hybridized carbons (Fsp3) is 0.143.